The van der Waals surface area contributed by atoms with Crippen molar-refractivity contribution < 1.29 is 16.8 Å². The van der Waals surface area contributed by atoms with E-state index in [0.717, 1.165) is 12.8 Å². The fraction of sp³-hybridized carbons (Fsp3) is 0.455. The van der Waals surface area contributed by atoms with Gasteiger partial charge in [-0.2, -0.15) is 0 Å². The Bertz CT molecular complexity index is 691. The second kappa shape index (κ2) is 4.77. The first-order chi connectivity index (χ1) is 8.67. The molecule has 1 aromatic carbocycles. The maximum Gasteiger partial charge on any atom is 0.238 e. The summed E-state index contributed by atoms with van der Waals surface area (Å²) < 4.78 is 48.5. The molecular weight excluding hydrogens is 288 g/mol. The van der Waals surface area contributed by atoms with Gasteiger partial charge in [0.25, 0.3) is 0 Å². The van der Waals surface area contributed by atoms with E-state index in [9.17, 15) is 16.8 Å². The molecule has 0 heterocycles. The number of aryl methyl sites for hydroxylation is 1. The Balaban J connectivity index is 2.22. The van der Waals surface area contributed by atoms with E-state index in [2.05, 4.69) is 4.72 Å². The quantitative estimate of drug-likeness (QED) is 0.838. The maximum absolute atomic E-state index is 11.8. The van der Waals surface area contributed by atoms with Crippen LogP contribution in [0, 0.1) is 12.8 Å². The molecule has 106 valence electrons. The molecule has 3 N–H and O–H groups in total. The average molecular weight is 304 g/mol. The van der Waals surface area contributed by atoms with E-state index in [1.54, 1.807) is 6.92 Å². The number of anilines is 1. The average Bonchev–Trinajstić information content (AvgIpc) is 3.02. The van der Waals surface area contributed by atoms with E-state index in [1.807, 2.05) is 0 Å². The largest absolute Gasteiger partial charge is 0.283 e. The molecule has 1 fully saturated rings. The zero-order chi connectivity index (χ0) is 14.3. The fourth-order valence-corrected chi connectivity index (χ4v) is 3.93. The zero-order valence-electron chi connectivity index (χ0n) is 10.5. The molecule has 19 heavy (non-hydrogen) atoms. The Hall–Kier alpha value is -1.12. The van der Waals surface area contributed by atoms with Crippen LogP contribution in [0.5, 0.6) is 0 Å². The maximum atomic E-state index is 11.8. The van der Waals surface area contributed by atoms with Crippen molar-refractivity contribution in [2.45, 2.75) is 24.7 Å². The van der Waals surface area contributed by atoms with Gasteiger partial charge in [-0.1, -0.05) is 0 Å². The molecule has 0 unspecified atom stereocenters. The van der Waals surface area contributed by atoms with Crippen LogP contribution >= 0.6 is 0 Å². The zero-order valence-corrected chi connectivity index (χ0v) is 12.1. The molecule has 0 saturated heterocycles. The summed E-state index contributed by atoms with van der Waals surface area (Å²) >= 11 is 0. The predicted octanol–water partition coefficient (Wildman–Crippen LogP) is 0.794. The second-order valence-electron chi connectivity index (χ2n) is 4.85. The monoisotopic (exact) mass is 304 g/mol. The van der Waals surface area contributed by atoms with Gasteiger partial charge < -0.3 is 0 Å². The SMILES string of the molecule is Cc1cc(S(N)(=O)=O)ccc1NS(=O)(=O)CC1CC1. The molecule has 0 aromatic heterocycles. The number of benzene rings is 1. The number of rotatable bonds is 5. The van der Waals surface area contributed by atoms with Crippen molar-refractivity contribution in [2.75, 3.05) is 10.5 Å². The number of hydrogen-bond acceptors (Lipinski definition) is 4. The molecular formula is C11H16N2O4S2. The summed E-state index contributed by atoms with van der Waals surface area (Å²) in [6.07, 6.45) is 1.90. The lowest BCUT2D eigenvalue weighted by Gasteiger charge is -2.11. The molecule has 6 nitrogen and oxygen atoms in total. The van der Waals surface area contributed by atoms with Gasteiger partial charge in [0.15, 0.2) is 0 Å². The van der Waals surface area contributed by atoms with Crippen LogP contribution in [0.4, 0.5) is 5.69 Å². The Kier molecular flexibility index (Phi) is 3.59. The highest BCUT2D eigenvalue weighted by Crippen LogP contribution is 2.31. The molecule has 1 aromatic rings. The van der Waals surface area contributed by atoms with Crippen LogP contribution < -0.4 is 9.86 Å². The molecule has 1 saturated carbocycles. The lowest BCUT2D eigenvalue weighted by atomic mass is 10.2. The van der Waals surface area contributed by atoms with E-state index in [0.29, 0.717) is 11.3 Å². The van der Waals surface area contributed by atoms with Crippen LogP contribution in [0.1, 0.15) is 18.4 Å². The first-order valence-corrected chi connectivity index (χ1v) is 9.01. The van der Waals surface area contributed by atoms with Crippen molar-refractivity contribution in [2.24, 2.45) is 11.1 Å². The van der Waals surface area contributed by atoms with Gasteiger partial charge in [0.1, 0.15) is 0 Å². The van der Waals surface area contributed by atoms with E-state index in [1.165, 1.54) is 18.2 Å². The number of sulfonamides is 2. The van der Waals surface area contributed by atoms with Gasteiger partial charge in [0.2, 0.25) is 20.0 Å². The van der Waals surface area contributed by atoms with E-state index in [4.69, 9.17) is 5.14 Å². The molecule has 0 spiro atoms. The van der Waals surface area contributed by atoms with E-state index in [-0.39, 0.29) is 16.6 Å². The highest BCUT2D eigenvalue weighted by Gasteiger charge is 2.28. The third-order valence-corrected chi connectivity index (χ3v) is 5.30. The Morgan fingerprint density at radius 3 is 2.37 bits per heavy atom. The molecule has 0 atom stereocenters. The van der Waals surface area contributed by atoms with Crippen molar-refractivity contribution in [1.29, 1.82) is 0 Å². The highest BCUT2D eigenvalue weighted by atomic mass is 32.2. The number of primary sulfonamides is 1. The van der Waals surface area contributed by atoms with Gasteiger partial charge >= 0.3 is 0 Å². The van der Waals surface area contributed by atoms with Crippen LogP contribution in [-0.4, -0.2) is 22.6 Å². The summed E-state index contributed by atoms with van der Waals surface area (Å²) in [5.41, 5.74) is 0.902. The van der Waals surface area contributed by atoms with E-state index < -0.39 is 20.0 Å². The molecule has 8 heteroatoms. The van der Waals surface area contributed by atoms with Crippen molar-refractivity contribution >= 4 is 25.7 Å². The fourth-order valence-electron chi connectivity index (χ4n) is 1.73. The third kappa shape index (κ3) is 3.92. The lowest BCUT2D eigenvalue weighted by Crippen LogP contribution is -2.19. The van der Waals surface area contributed by atoms with Crippen LogP contribution in [0.3, 0.4) is 0 Å². The van der Waals surface area contributed by atoms with Crippen LogP contribution in [0.2, 0.25) is 0 Å². The normalized spacial score (nSPS) is 16.3. The minimum Gasteiger partial charge on any atom is -0.283 e. The summed E-state index contributed by atoms with van der Waals surface area (Å²) in [5, 5.41) is 5.01. The summed E-state index contributed by atoms with van der Waals surface area (Å²) in [5.74, 6) is 0.366. The lowest BCUT2D eigenvalue weighted by molar-refractivity contribution is 0.596. The summed E-state index contributed by atoms with van der Waals surface area (Å²) in [7, 11) is -7.14. The number of nitrogens with one attached hydrogen (secondary N) is 1. The number of nitrogens with two attached hydrogens (primary N) is 1. The van der Waals surface area contributed by atoms with Crippen molar-refractivity contribution in [3.63, 3.8) is 0 Å². The van der Waals surface area contributed by atoms with Gasteiger partial charge in [-0.05, 0) is 49.4 Å². The van der Waals surface area contributed by atoms with Gasteiger partial charge in [-0.25, -0.2) is 22.0 Å². The number of hydrogen-bond donors (Lipinski definition) is 2. The summed E-state index contributed by atoms with van der Waals surface area (Å²) in [4.78, 5) is -0.0323. The Morgan fingerprint density at radius 2 is 1.89 bits per heavy atom. The third-order valence-electron chi connectivity index (χ3n) is 2.94. The summed E-state index contributed by atoms with van der Waals surface area (Å²) in [6, 6.07) is 4.06. The molecule has 0 bridgehead atoms. The molecule has 0 aliphatic heterocycles. The Morgan fingerprint density at radius 1 is 1.26 bits per heavy atom. The standard InChI is InChI=1S/C11H16N2O4S2/c1-8-6-10(19(12,16)17)4-5-11(8)13-18(14,15)7-9-2-3-9/h4-6,9,13H,2-3,7H2,1H3,(H2,12,16,17). The van der Waals surface area contributed by atoms with Crippen molar-refractivity contribution in [1.82, 2.24) is 0 Å². The molecule has 0 amide bonds. The van der Waals surface area contributed by atoms with Crippen LogP contribution in [0.25, 0.3) is 0 Å². The minimum absolute atomic E-state index is 0.0323. The second-order valence-corrected chi connectivity index (χ2v) is 8.18. The van der Waals surface area contributed by atoms with Crippen LogP contribution in [-0.2, 0) is 20.0 Å². The molecule has 2 rings (SSSR count). The molecule has 1 aliphatic rings. The minimum atomic E-state index is -3.77. The van der Waals surface area contributed by atoms with Gasteiger partial charge in [-0.15, -0.1) is 0 Å². The smallest absolute Gasteiger partial charge is 0.238 e. The first kappa shape index (κ1) is 14.3. The Labute approximate surface area is 113 Å². The van der Waals surface area contributed by atoms with Gasteiger partial charge in [0.05, 0.1) is 16.3 Å². The van der Waals surface area contributed by atoms with Crippen molar-refractivity contribution in [3.8, 4) is 0 Å². The molecule has 1 aliphatic carbocycles. The van der Waals surface area contributed by atoms with Crippen molar-refractivity contribution in [3.05, 3.63) is 23.8 Å². The molecule has 0 radical (unpaired) electrons. The van der Waals surface area contributed by atoms with Gasteiger partial charge in [0, 0.05) is 0 Å². The van der Waals surface area contributed by atoms with Gasteiger partial charge in [-0.3, -0.25) is 4.72 Å². The van der Waals surface area contributed by atoms with Crippen LogP contribution in [0.15, 0.2) is 23.1 Å². The predicted molar refractivity (Wildman–Crippen MR) is 72.7 cm³/mol. The highest BCUT2D eigenvalue weighted by molar-refractivity contribution is 7.92. The topological polar surface area (TPSA) is 106 Å². The first-order valence-electron chi connectivity index (χ1n) is 5.81. The van der Waals surface area contributed by atoms with E-state index >= 15 is 0 Å². The summed E-state index contributed by atoms with van der Waals surface area (Å²) in [6.45, 7) is 1.63.